The van der Waals surface area contributed by atoms with Crippen LogP contribution >= 0.6 is 0 Å². The highest BCUT2D eigenvalue weighted by atomic mass is 16.6. The number of carbonyl (C=O) groups is 1. The van der Waals surface area contributed by atoms with Gasteiger partial charge < -0.3 is 9.73 Å². The molecule has 0 saturated carbocycles. The zero-order valence-corrected chi connectivity index (χ0v) is 13.5. The van der Waals surface area contributed by atoms with Crippen LogP contribution in [0.2, 0.25) is 0 Å². The lowest BCUT2D eigenvalue weighted by Gasteiger charge is -2.05. The Morgan fingerprint density at radius 2 is 1.75 bits per heavy atom. The Labute approximate surface area is 138 Å². The van der Waals surface area contributed by atoms with Crippen LogP contribution in [0.25, 0.3) is 11.0 Å². The highest BCUT2D eigenvalue weighted by Crippen LogP contribution is 2.29. The maximum Gasteiger partial charge on any atom is 0.293 e. The van der Waals surface area contributed by atoms with E-state index in [1.807, 2.05) is 25.1 Å². The molecule has 1 aromatic heterocycles. The van der Waals surface area contributed by atoms with Gasteiger partial charge in [0.2, 0.25) is 0 Å². The number of hydrogen-bond acceptors (Lipinski definition) is 4. The summed E-state index contributed by atoms with van der Waals surface area (Å²) < 4.78 is 5.63. The standard InChI is InChI=1S/C18H16N2O4/c1-10-5-7-16-13(8-10)12(3)17(24-16)18(21)19-14-6-4-11(2)9-15(14)20(22)23/h4-9H,1-3H3,(H,19,21). The van der Waals surface area contributed by atoms with Crippen molar-refractivity contribution in [2.75, 3.05) is 5.32 Å². The van der Waals surface area contributed by atoms with Crippen molar-refractivity contribution in [2.45, 2.75) is 20.8 Å². The lowest BCUT2D eigenvalue weighted by molar-refractivity contribution is -0.384. The zero-order chi connectivity index (χ0) is 17.4. The molecule has 6 nitrogen and oxygen atoms in total. The number of nitrogens with one attached hydrogen (secondary N) is 1. The second-order valence-corrected chi connectivity index (χ2v) is 5.79. The Kier molecular flexibility index (Phi) is 3.81. The number of nitro benzene ring substituents is 1. The quantitative estimate of drug-likeness (QED) is 0.567. The largest absolute Gasteiger partial charge is 0.451 e. The van der Waals surface area contributed by atoms with Gasteiger partial charge in [-0.3, -0.25) is 14.9 Å². The van der Waals surface area contributed by atoms with E-state index in [1.54, 1.807) is 19.9 Å². The maximum absolute atomic E-state index is 12.5. The van der Waals surface area contributed by atoms with E-state index in [4.69, 9.17) is 4.42 Å². The first-order chi connectivity index (χ1) is 11.4. The minimum Gasteiger partial charge on any atom is -0.451 e. The third-order valence-electron chi connectivity index (χ3n) is 3.90. The molecule has 0 atom stereocenters. The van der Waals surface area contributed by atoms with Gasteiger partial charge in [-0.1, -0.05) is 17.7 Å². The van der Waals surface area contributed by atoms with Gasteiger partial charge in [0.15, 0.2) is 5.76 Å². The van der Waals surface area contributed by atoms with Crippen LogP contribution in [0.3, 0.4) is 0 Å². The van der Waals surface area contributed by atoms with Gasteiger partial charge in [-0.05, 0) is 44.5 Å². The third-order valence-corrected chi connectivity index (χ3v) is 3.90. The van der Waals surface area contributed by atoms with Crippen LogP contribution in [-0.4, -0.2) is 10.8 Å². The fraction of sp³-hybridized carbons (Fsp3) is 0.167. The van der Waals surface area contributed by atoms with Crippen molar-refractivity contribution in [2.24, 2.45) is 0 Å². The second-order valence-electron chi connectivity index (χ2n) is 5.79. The molecule has 3 rings (SSSR count). The van der Waals surface area contributed by atoms with Crippen molar-refractivity contribution in [1.29, 1.82) is 0 Å². The van der Waals surface area contributed by atoms with Gasteiger partial charge in [-0.2, -0.15) is 0 Å². The first kappa shape index (κ1) is 15.7. The van der Waals surface area contributed by atoms with Crippen LogP contribution in [0.5, 0.6) is 0 Å². The predicted octanol–water partition coefficient (Wildman–Crippen LogP) is 4.52. The van der Waals surface area contributed by atoms with Gasteiger partial charge >= 0.3 is 0 Å². The molecule has 3 aromatic rings. The van der Waals surface area contributed by atoms with Crippen molar-refractivity contribution < 1.29 is 14.1 Å². The van der Waals surface area contributed by atoms with Crippen LogP contribution in [0.1, 0.15) is 27.2 Å². The molecule has 0 aliphatic carbocycles. The number of rotatable bonds is 3. The lowest BCUT2D eigenvalue weighted by atomic mass is 10.1. The van der Waals surface area contributed by atoms with Crippen molar-refractivity contribution in [1.82, 2.24) is 0 Å². The van der Waals surface area contributed by atoms with Gasteiger partial charge in [0.05, 0.1) is 4.92 Å². The molecule has 0 saturated heterocycles. The van der Waals surface area contributed by atoms with E-state index < -0.39 is 10.8 Å². The Morgan fingerprint density at radius 3 is 2.46 bits per heavy atom. The molecule has 122 valence electrons. The molecule has 1 heterocycles. The number of nitrogens with zero attached hydrogens (tertiary/aromatic N) is 1. The number of amides is 1. The molecule has 0 aliphatic heterocycles. The Hall–Kier alpha value is -3.15. The summed E-state index contributed by atoms with van der Waals surface area (Å²) in [6, 6.07) is 10.3. The summed E-state index contributed by atoms with van der Waals surface area (Å²) in [6.45, 7) is 5.51. The normalized spacial score (nSPS) is 10.8. The molecular weight excluding hydrogens is 308 g/mol. The monoisotopic (exact) mass is 324 g/mol. The Morgan fingerprint density at radius 1 is 1.08 bits per heavy atom. The molecule has 0 aliphatic rings. The lowest BCUT2D eigenvalue weighted by Crippen LogP contribution is -2.13. The number of hydrogen-bond donors (Lipinski definition) is 1. The molecular formula is C18H16N2O4. The average Bonchev–Trinajstić information content (AvgIpc) is 2.85. The van der Waals surface area contributed by atoms with E-state index in [1.165, 1.54) is 12.1 Å². The topological polar surface area (TPSA) is 85.4 Å². The number of aryl methyl sites for hydroxylation is 3. The molecule has 0 unspecified atom stereocenters. The average molecular weight is 324 g/mol. The highest BCUT2D eigenvalue weighted by molar-refractivity contribution is 6.07. The van der Waals surface area contributed by atoms with E-state index in [-0.39, 0.29) is 17.1 Å². The van der Waals surface area contributed by atoms with E-state index in [0.29, 0.717) is 11.1 Å². The number of furan rings is 1. The highest BCUT2D eigenvalue weighted by Gasteiger charge is 2.21. The summed E-state index contributed by atoms with van der Waals surface area (Å²) in [5.41, 5.74) is 3.13. The van der Waals surface area contributed by atoms with Gasteiger partial charge in [0.25, 0.3) is 11.6 Å². The number of nitro groups is 1. The summed E-state index contributed by atoms with van der Waals surface area (Å²) in [7, 11) is 0. The van der Waals surface area contributed by atoms with Crippen LogP contribution in [-0.2, 0) is 0 Å². The minimum absolute atomic E-state index is 0.145. The summed E-state index contributed by atoms with van der Waals surface area (Å²) in [5, 5.41) is 14.6. The third kappa shape index (κ3) is 2.74. The maximum atomic E-state index is 12.5. The number of anilines is 1. The molecule has 0 bridgehead atoms. The molecule has 0 fully saturated rings. The molecule has 24 heavy (non-hydrogen) atoms. The van der Waals surface area contributed by atoms with Crippen molar-refractivity contribution in [3.05, 3.63) is 69.0 Å². The summed E-state index contributed by atoms with van der Waals surface area (Å²) >= 11 is 0. The first-order valence-corrected chi connectivity index (χ1v) is 7.43. The molecule has 2 aromatic carbocycles. The molecule has 1 amide bonds. The Bertz CT molecular complexity index is 973. The van der Waals surface area contributed by atoms with Crippen LogP contribution in [0, 0.1) is 30.9 Å². The van der Waals surface area contributed by atoms with Gasteiger partial charge in [0, 0.05) is 17.0 Å². The number of carbonyl (C=O) groups excluding carboxylic acids is 1. The van der Waals surface area contributed by atoms with Crippen LogP contribution < -0.4 is 5.32 Å². The van der Waals surface area contributed by atoms with Gasteiger partial charge in [-0.15, -0.1) is 0 Å². The first-order valence-electron chi connectivity index (χ1n) is 7.43. The molecule has 0 radical (unpaired) electrons. The predicted molar refractivity (Wildman–Crippen MR) is 91.5 cm³/mol. The zero-order valence-electron chi connectivity index (χ0n) is 13.5. The van der Waals surface area contributed by atoms with E-state index in [2.05, 4.69) is 5.32 Å². The number of benzene rings is 2. The summed E-state index contributed by atoms with van der Waals surface area (Å²) in [6.07, 6.45) is 0. The molecule has 6 heteroatoms. The van der Waals surface area contributed by atoms with E-state index >= 15 is 0 Å². The van der Waals surface area contributed by atoms with Crippen LogP contribution in [0.4, 0.5) is 11.4 Å². The summed E-state index contributed by atoms with van der Waals surface area (Å²) in [4.78, 5) is 23.2. The van der Waals surface area contributed by atoms with E-state index in [9.17, 15) is 14.9 Å². The van der Waals surface area contributed by atoms with E-state index in [0.717, 1.165) is 16.5 Å². The summed E-state index contributed by atoms with van der Waals surface area (Å²) in [5.74, 6) is -0.348. The molecule has 1 N–H and O–H groups in total. The molecule has 0 spiro atoms. The van der Waals surface area contributed by atoms with Crippen molar-refractivity contribution >= 4 is 28.3 Å². The fourth-order valence-electron chi connectivity index (χ4n) is 2.63. The smallest absolute Gasteiger partial charge is 0.293 e. The second kappa shape index (κ2) is 5.81. The minimum atomic E-state index is -0.516. The van der Waals surface area contributed by atoms with Gasteiger partial charge in [0.1, 0.15) is 11.3 Å². The fourth-order valence-corrected chi connectivity index (χ4v) is 2.63. The Balaban J connectivity index is 1.99. The SMILES string of the molecule is Cc1ccc(NC(=O)c2oc3ccc(C)cc3c2C)c([N+](=O)[O-])c1. The van der Waals surface area contributed by atoms with Gasteiger partial charge in [-0.25, -0.2) is 0 Å². The van der Waals surface area contributed by atoms with Crippen LogP contribution in [0.15, 0.2) is 40.8 Å². The van der Waals surface area contributed by atoms with Crippen molar-refractivity contribution in [3.63, 3.8) is 0 Å². The number of fused-ring (bicyclic) bond motifs is 1. The van der Waals surface area contributed by atoms with Crippen molar-refractivity contribution in [3.8, 4) is 0 Å².